The summed E-state index contributed by atoms with van der Waals surface area (Å²) in [6, 6.07) is 3.46. The summed E-state index contributed by atoms with van der Waals surface area (Å²) in [4.78, 5) is 16.3. The minimum Gasteiger partial charge on any atom is -0.385 e. The maximum Gasteiger partial charge on any atom is 0.291 e. The molecule has 3 aromatic rings. The summed E-state index contributed by atoms with van der Waals surface area (Å²) < 4.78 is 12.0. The van der Waals surface area contributed by atoms with Gasteiger partial charge in [-0.15, -0.1) is 10.2 Å². The Morgan fingerprint density at radius 2 is 2.39 bits per heavy atom. The fourth-order valence-electron chi connectivity index (χ4n) is 2.17. The van der Waals surface area contributed by atoms with Crippen LogP contribution in [0.15, 0.2) is 29.2 Å². The van der Waals surface area contributed by atoms with Crippen molar-refractivity contribution in [3.63, 3.8) is 0 Å². The number of carbonyl (C=O) groups excluding carboxylic acids is 1. The summed E-state index contributed by atoms with van der Waals surface area (Å²) in [5.41, 5.74) is 0.403. The molecule has 1 amide bonds. The third-order valence-corrected chi connectivity index (χ3v) is 3.31. The molecule has 9 heteroatoms. The van der Waals surface area contributed by atoms with Crippen LogP contribution in [0.25, 0.3) is 11.0 Å². The first kappa shape index (κ1) is 15.1. The predicted octanol–water partition coefficient (Wildman–Crippen LogP) is 0.781. The maximum absolute atomic E-state index is 12.2. The van der Waals surface area contributed by atoms with E-state index in [1.54, 1.807) is 31.8 Å². The van der Waals surface area contributed by atoms with Crippen LogP contribution in [-0.2, 0) is 17.8 Å². The van der Waals surface area contributed by atoms with Gasteiger partial charge in [0.1, 0.15) is 6.33 Å². The van der Waals surface area contributed by atoms with Crippen LogP contribution in [0, 0.1) is 0 Å². The summed E-state index contributed by atoms with van der Waals surface area (Å²) >= 11 is 0. The molecule has 3 heterocycles. The molecule has 120 valence electrons. The van der Waals surface area contributed by atoms with Gasteiger partial charge >= 0.3 is 0 Å². The van der Waals surface area contributed by atoms with Crippen molar-refractivity contribution in [2.24, 2.45) is 0 Å². The summed E-state index contributed by atoms with van der Waals surface area (Å²) in [6.45, 7) is 1.62. The molecule has 9 nitrogen and oxygen atoms in total. The Bertz CT molecular complexity index is 797. The van der Waals surface area contributed by atoms with Crippen LogP contribution in [0.2, 0.25) is 0 Å². The van der Waals surface area contributed by atoms with E-state index in [4.69, 9.17) is 9.26 Å². The zero-order valence-corrected chi connectivity index (χ0v) is 12.6. The fraction of sp³-hybridized carbons (Fsp3) is 0.357. The third kappa shape index (κ3) is 3.34. The third-order valence-electron chi connectivity index (χ3n) is 3.31. The molecule has 1 N–H and O–H groups in total. The number of rotatable bonds is 7. The molecule has 23 heavy (non-hydrogen) atoms. The Morgan fingerprint density at radius 3 is 3.26 bits per heavy atom. The number of methoxy groups -OCH3 is 1. The Balaban J connectivity index is 1.64. The molecule has 0 saturated heterocycles. The molecule has 3 aromatic heterocycles. The SMILES string of the molecule is COCCCn1cnnc1CNC(=O)c1onc2ncccc12. The number of pyridine rings is 1. The zero-order valence-electron chi connectivity index (χ0n) is 12.6. The molecule has 0 aliphatic rings. The van der Waals surface area contributed by atoms with Gasteiger partial charge in [0.2, 0.25) is 11.4 Å². The minimum absolute atomic E-state index is 0.138. The lowest BCUT2D eigenvalue weighted by Crippen LogP contribution is -2.24. The van der Waals surface area contributed by atoms with Gasteiger partial charge in [0.25, 0.3) is 5.91 Å². The molecule has 0 atom stereocenters. The number of amides is 1. The van der Waals surface area contributed by atoms with Gasteiger partial charge in [-0.1, -0.05) is 5.16 Å². The van der Waals surface area contributed by atoms with Gasteiger partial charge in [0.05, 0.1) is 11.9 Å². The van der Waals surface area contributed by atoms with Crippen LogP contribution >= 0.6 is 0 Å². The first-order valence-electron chi connectivity index (χ1n) is 7.14. The molecule has 0 aliphatic heterocycles. The molecular formula is C14H16N6O3. The van der Waals surface area contributed by atoms with Crippen molar-refractivity contribution >= 4 is 16.9 Å². The first-order valence-corrected chi connectivity index (χ1v) is 7.14. The normalized spacial score (nSPS) is 11.0. The highest BCUT2D eigenvalue weighted by molar-refractivity contribution is 6.02. The lowest BCUT2D eigenvalue weighted by atomic mass is 10.2. The van der Waals surface area contributed by atoms with Crippen LogP contribution in [0.4, 0.5) is 0 Å². The van der Waals surface area contributed by atoms with Crippen molar-refractivity contribution in [3.05, 3.63) is 36.2 Å². The van der Waals surface area contributed by atoms with E-state index in [1.165, 1.54) is 0 Å². The average Bonchev–Trinajstić information content (AvgIpc) is 3.19. The van der Waals surface area contributed by atoms with Gasteiger partial charge in [0.15, 0.2) is 5.82 Å². The monoisotopic (exact) mass is 316 g/mol. The summed E-state index contributed by atoms with van der Waals surface area (Å²) in [6.07, 6.45) is 4.06. The van der Waals surface area contributed by atoms with Crippen molar-refractivity contribution < 1.29 is 14.1 Å². The van der Waals surface area contributed by atoms with E-state index in [0.717, 1.165) is 13.0 Å². The number of aryl methyl sites for hydroxylation is 1. The fourth-order valence-corrected chi connectivity index (χ4v) is 2.17. The molecule has 0 spiro atoms. The van der Waals surface area contributed by atoms with E-state index in [1.807, 2.05) is 4.57 Å². The lowest BCUT2D eigenvalue weighted by molar-refractivity contribution is 0.0915. The Labute approximate surface area is 131 Å². The van der Waals surface area contributed by atoms with Crippen LogP contribution in [-0.4, -0.2) is 44.5 Å². The second-order valence-corrected chi connectivity index (χ2v) is 4.86. The van der Waals surface area contributed by atoms with Crippen LogP contribution < -0.4 is 5.32 Å². The van der Waals surface area contributed by atoms with Gasteiger partial charge < -0.3 is 19.1 Å². The Kier molecular flexibility index (Phi) is 4.57. The van der Waals surface area contributed by atoms with Gasteiger partial charge in [-0.25, -0.2) is 4.98 Å². The average molecular weight is 316 g/mol. The highest BCUT2D eigenvalue weighted by atomic mass is 16.5. The first-order chi connectivity index (χ1) is 11.3. The number of fused-ring (bicyclic) bond motifs is 1. The van der Waals surface area contributed by atoms with Gasteiger partial charge in [0, 0.05) is 26.5 Å². The molecule has 0 unspecified atom stereocenters. The van der Waals surface area contributed by atoms with Gasteiger partial charge in [-0.3, -0.25) is 4.79 Å². The highest BCUT2D eigenvalue weighted by Gasteiger charge is 2.17. The van der Waals surface area contributed by atoms with Crippen molar-refractivity contribution in [1.29, 1.82) is 0 Å². The van der Waals surface area contributed by atoms with Crippen molar-refractivity contribution in [2.45, 2.75) is 19.5 Å². The number of nitrogens with zero attached hydrogens (tertiary/aromatic N) is 5. The molecule has 0 fully saturated rings. The van der Waals surface area contributed by atoms with E-state index >= 15 is 0 Å². The molecule has 0 saturated carbocycles. The lowest BCUT2D eigenvalue weighted by Gasteiger charge is -2.06. The molecule has 0 aliphatic carbocycles. The largest absolute Gasteiger partial charge is 0.385 e. The van der Waals surface area contributed by atoms with Crippen molar-refractivity contribution in [1.82, 2.24) is 30.2 Å². The van der Waals surface area contributed by atoms with E-state index in [2.05, 4.69) is 25.7 Å². The summed E-state index contributed by atoms with van der Waals surface area (Å²) in [5.74, 6) is 0.432. The van der Waals surface area contributed by atoms with E-state index < -0.39 is 0 Å². The number of hydrogen-bond donors (Lipinski definition) is 1. The second-order valence-electron chi connectivity index (χ2n) is 4.86. The standard InChI is InChI=1S/C14H16N6O3/c1-22-7-3-6-20-9-17-18-11(20)8-16-14(21)12-10-4-2-5-15-13(10)19-23-12/h2,4-5,9H,3,6-8H2,1H3,(H,16,21). The number of nitrogens with one attached hydrogen (secondary N) is 1. The van der Waals surface area contributed by atoms with Crippen molar-refractivity contribution in [2.75, 3.05) is 13.7 Å². The number of carbonyl (C=O) groups is 1. The number of aromatic nitrogens is 5. The van der Waals surface area contributed by atoms with E-state index in [-0.39, 0.29) is 18.2 Å². The topological polar surface area (TPSA) is 108 Å². The highest BCUT2D eigenvalue weighted by Crippen LogP contribution is 2.15. The Hall–Kier alpha value is -2.81. The second kappa shape index (κ2) is 6.97. The maximum atomic E-state index is 12.2. The number of ether oxygens (including phenoxy) is 1. The van der Waals surface area contributed by atoms with E-state index in [0.29, 0.717) is 23.5 Å². The summed E-state index contributed by atoms with van der Waals surface area (Å²) in [7, 11) is 1.66. The van der Waals surface area contributed by atoms with Crippen LogP contribution in [0.3, 0.4) is 0 Å². The van der Waals surface area contributed by atoms with Crippen LogP contribution in [0.1, 0.15) is 22.8 Å². The van der Waals surface area contributed by atoms with Crippen molar-refractivity contribution in [3.8, 4) is 0 Å². The van der Waals surface area contributed by atoms with Gasteiger partial charge in [-0.05, 0) is 18.6 Å². The van der Waals surface area contributed by atoms with E-state index in [9.17, 15) is 4.79 Å². The molecular weight excluding hydrogens is 300 g/mol. The van der Waals surface area contributed by atoms with Gasteiger partial charge in [-0.2, -0.15) is 0 Å². The number of hydrogen-bond acceptors (Lipinski definition) is 7. The molecule has 0 radical (unpaired) electrons. The van der Waals surface area contributed by atoms with Crippen LogP contribution in [0.5, 0.6) is 0 Å². The molecule has 3 rings (SSSR count). The Morgan fingerprint density at radius 1 is 1.48 bits per heavy atom. The minimum atomic E-state index is -0.369. The zero-order chi connectivity index (χ0) is 16.1. The predicted molar refractivity (Wildman–Crippen MR) is 79.5 cm³/mol. The summed E-state index contributed by atoms with van der Waals surface area (Å²) in [5, 5.41) is 15.0. The molecule has 0 aromatic carbocycles. The smallest absolute Gasteiger partial charge is 0.291 e. The molecule has 0 bridgehead atoms. The quantitative estimate of drug-likeness (QED) is 0.642.